The average Bonchev–Trinajstić information content (AvgIpc) is 3.36. The van der Waals surface area contributed by atoms with Crippen LogP contribution in [0.2, 0.25) is 0 Å². The number of aliphatic hydroxyl groups excluding tert-OH is 5. The van der Waals surface area contributed by atoms with E-state index >= 15 is 0 Å². The van der Waals surface area contributed by atoms with Crippen LogP contribution in [-0.4, -0.2) is 124 Å². The summed E-state index contributed by atoms with van der Waals surface area (Å²) < 4.78 is 49.1. The van der Waals surface area contributed by atoms with Crippen LogP contribution in [0.1, 0.15) is 6.23 Å². The Morgan fingerprint density at radius 2 is 1.45 bits per heavy atom. The number of carbonyl (C=O) groups excluding carboxylic acids is 2. The van der Waals surface area contributed by atoms with Crippen molar-refractivity contribution >= 4 is 27.5 Å². The maximum atomic E-state index is 12.4. The second kappa shape index (κ2) is 12.3. The molecular weight excluding hydrogens is 620 g/mol. The third kappa shape index (κ3) is 7.01. The van der Waals surface area contributed by atoms with E-state index in [1.165, 1.54) is 0 Å². The molecule has 4 rings (SSSR count). The van der Waals surface area contributed by atoms with Crippen molar-refractivity contribution in [3.05, 3.63) is 45.3 Å². The van der Waals surface area contributed by atoms with E-state index in [-0.39, 0.29) is 0 Å². The first-order valence-corrected chi connectivity index (χ1v) is 14.7. The van der Waals surface area contributed by atoms with Gasteiger partial charge < -0.3 is 44.8 Å². The van der Waals surface area contributed by atoms with Gasteiger partial charge in [0.1, 0.15) is 42.7 Å². The molecular formula is C19H25N3O18P2. The molecule has 4 heterocycles. The molecule has 2 saturated heterocycles. The third-order valence-electron chi connectivity index (χ3n) is 6.24. The number of carbonyl (C=O) groups is 2. The molecule has 42 heavy (non-hydrogen) atoms. The van der Waals surface area contributed by atoms with Crippen LogP contribution in [0.25, 0.3) is 0 Å². The van der Waals surface area contributed by atoms with Gasteiger partial charge >= 0.3 is 21.3 Å². The number of aliphatic hydroxyl groups is 5. The molecule has 11 unspecified atom stereocenters. The van der Waals surface area contributed by atoms with Gasteiger partial charge in [0.05, 0.1) is 13.2 Å². The predicted octanol–water partition coefficient (Wildman–Crippen LogP) is -4.86. The van der Waals surface area contributed by atoms with Gasteiger partial charge in [-0.25, -0.2) is 13.9 Å². The Balaban J connectivity index is 1.37. The van der Waals surface area contributed by atoms with Gasteiger partial charge in [-0.3, -0.25) is 37.9 Å². The fraction of sp³-hybridized carbons (Fsp3) is 0.579. The normalized spacial score (nSPS) is 36.3. The first-order valence-electron chi connectivity index (χ1n) is 11.8. The standard InChI is InChI=1S/C19H25N3O18P2/c23-9-3-4-21(19(31)20-9)17-15(29)13(27)8(37-17)6-36-41(32,33)40-42(34,35)39-18-16(30)14(28)12(26)7(38-18)5-22-10(24)1-2-11(22)25/h1-4,7-8,12-18,26-30H,5-6H2,(H,32,33)(H,34,35)(H,20,23,31). The molecule has 1 aromatic heterocycles. The summed E-state index contributed by atoms with van der Waals surface area (Å²) in [6, 6.07) is 0.916. The molecule has 2 fully saturated rings. The summed E-state index contributed by atoms with van der Waals surface area (Å²) in [5.41, 5.74) is -1.78. The minimum absolute atomic E-state index is 0.592. The van der Waals surface area contributed by atoms with E-state index in [0.717, 1.165) is 24.4 Å². The van der Waals surface area contributed by atoms with Crippen LogP contribution < -0.4 is 11.2 Å². The zero-order valence-corrected chi connectivity index (χ0v) is 22.6. The van der Waals surface area contributed by atoms with E-state index in [2.05, 4.69) is 13.4 Å². The molecule has 23 heteroatoms. The van der Waals surface area contributed by atoms with Crippen LogP contribution >= 0.6 is 15.6 Å². The number of amides is 2. The van der Waals surface area contributed by atoms with Crippen molar-refractivity contribution in [2.45, 2.75) is 55.2 Å². The lowest BCUT2D eigenvalue weighted by molar-refractivity contribution is -0.276. The molecule has 0 aromatic carbocycles. The maximum Gasteiger partial charge on any atom is 0.483 e. The number of rotatable bonds is 10. The van der Waals surface area contributed by atoms with Gasteiger partial charge in [-0.15, -0.1) is 0 Å². The van der Waals surface area contributed by atoms with E-state index in [0.29, 0.717) is 9.47 Å². The fourth-order valence-corrected chi connectivity index (χ4v) is 6.30. The summed E-state index contributed by atoms with van der Waals surface area (Å²) in [4.78, 5) is 69.2. The summed E-state index contributed by atoms with van der Waals surface area (Å²) in [5, 5.41) is 50.8. The second-order valence-corrected chi connectivity index (χ2v) is 12.1. The topological polar surface area (TPSA) is 314 Å². The van der Waals surface area contributed by atoms with Crippen LogP contribution in [0.5, 0.6) is 0 Å². The van der Waals surface area contributed by atoms with Gasteiger partial charge in [0, 0.05) is 24.4 Å². The number of hydrogen-bond acceptors (Lipinski definition) is 16. The zero-order valence-electron chi connectivity index (χ0n) is 20.8. The average molecular weight is 645 g/mol. The Kier molecular flexibility index (Phi) is 9.48. The second-order valence-electron chi connectivity index (χ2n) is 9.12. The monoisotopic (exact) mass is 645 g/mol. The number of nitrogens with zero attached hydrogens (tertiary/aromatic N) is 2. The molecule has 3 aliphatic rings. The number of ether oxygens (including phenoxy) is 2. The smallest absolute Gasteiger partial charge is 0.388 e. The molecule has 0 saturated carbocycles. The number of phosphoric ester groups is 2. The number of imide groups is 1. The van der Waals surface area contributed by atoms with E-state index in [1.54, 1.807) is 0 Å². The Morgan fingerprint density at radius 3 is 2.07 bits per heavy atom. The Hall–Kier alpha value is -2.46. The molecule has 11 atom stereocenters. The highest BCUT2D eigenvalue weighted by Gasteiger charge is 2.50. The van der Waals surface area contributed by atoms with Gasteiger partial charge in [0.15, 0.2) is 12.5 Å². The van der Waals surface area contributed by atoms with Crippen molar-refractivity contribution in [1.29, 1.82) is 0 Å². The highest BCUT2D eigenvalue weighted by Crippen LogP contribution is 2.61. The van der Waals surface area contributed by atoms with E-state index < -0.39 is 107 Å². The first-order chi connectivity index (χ1) is 19.5. The largest absolute Gasteiger partial charge is 0.483 e. The SMILES string of the molecule is O=C1C=CC(=O)N1CC1OC(OP(=O)(O)OP(=O)(O)OCC2OC(n3ccc(=O)[nH]c3=O)C(O)C2O)C(O)C(O)C1O. The van der Waals surface area contributed by atoms with Crippen molar-refractivity contribution in [1.82, 2.24) is 14.5 Å². The number of H-pyrrole nitrogens is 1. The first kappa shape index (κ1) is 32.5. The van der Waals surface area contributed by atoms with Crippen LogP contribution in [0.4, 0.5) is 0 Å². The van der Waals surface area contributed by atoms with E-state index in [4.69, 9.17) is 9.47 Å². The Labute approximate surface area is 232 Å². The number of nitrogens with one attached hydrogen (secondary N) is 1. The summed E-state index contributed by atoms with van der Waals surface area (Å²) in [7, 11) is -11.3. The summed E-state index contributed by atoms with van der Waals surface area (Å²) in [6.45, 7) is -1.75. The van der Waals surface area contributed by atoms with E-state index in [1.807, 2.05) is 4.98 Å². The van der Waals surface area contributed by atoms with E-state index in [9.17, 15) is 63.6 Å². The van der Waals surface area contributed by atoms with Gasteiger partial charge in [-0.05, 0) is 0 Å². The number of aromatic amines is 1. The lowest BCUT2D eigenvalue weighted by Gasteiger charge is -2.41. The Morgan fingerprint density at radius 1 is 0.833 bits per heavy atom. The molecule has 21 nitrogen and oxygen atoms in total. The Bertz CT molecular complexity index is 1430. The number of phosphoric acid groups is 2. The van der Waals surface area contributed by atoms with Crippen molar-refractivity contribution in [2.24, 2.45) is 0 Å². The lowest BCUT2D eigenvalue weighted by atomic mass is 9.98. The predicted molar refractivity (Wildman–Crippen MR) is 128 cm³/mol. The number of aromatic nitrogens is 2. The van der Waals surface area contributed by atoms with Gasteiger partial charge in [-0.1, -0.05) is 0 Å². The summed E-state index contributed by atoms with van der Waals surface area (Å²) in [5.74, 6) is -1.60. The number of hydrogen-bond donors (Lipinski definition) is 8. The maximum absolute atomic E-state index is 12.4. The van der Waals surface area contributed by atoms with Crippen LogP contribution in [0.15, 0.2) is 34.0 Å². The van der Waals surface area contributed by atoms with Crippen LogP contribution in [0.3, 0.4) is 0 Å². The zero-order chi connectivity index (χ0) is 31.1. The van der Waals surface area contributed by atoms with Crippen LogP contribution in [-0.2, 0) is 41.6 Å². The third-order valence-corrected chi connectivity index (χ3v) is 8.84. The molecule has 0 spiro atoms. The quantitative estimate of drug-likeness (QED) is 0.0873. The minimum atomic E-state index is -5.72. The lowest BCUT2D eigenvalue weighted by Crippen LogP contribution is -2.60. The van der Waals surface area contributed by atoms with Gasteiger partial charge in [0.2, 0.25) is 0 Å². The molecule has 2 amide bonds. The molecule has 3 aliphatic heterocycles. The highest BCUT2D eigenvalue weighted by atomic mass is 31.3. The summed E-state index contributed by atoms with van der Waals surface area (Å²) >= 11 is 0. The minimum Gasteiger partial charge on any atom is -0.388 e. The van der Waals surface area contributed by atoms with Crippen molar-refractivity contribution < 1.29 is 76.9 Å². The van der Waals surface area contributed by atoms with Crippen LogP contribution in [0, 0.1) is 0 Å². The van der Waals surface area contributed by atoms with Gasteiger partial charge in [0.25, 0.3) is 17.4 Å². The highest BCUT2D eigenvalue weighted by molar-refractivity contribution is 7.61. The fourth-order valence-electron chi connectivity index (χ4n) is 4.14. The van der Waals surface area contributed by atoms with Crippen molar-refractivity contribution in [2.75, 3.05) is 13.2 Å². The molecule has 8 N–H and O–H groups in total. The molecule has 1 aromatic rings. The van der Waals surface area contributed by atoms with Gasteiger partial charge in [-0.2, -0.15) is 4.31 Å². The summed E-state index contributed by atoms with van der Waals surface area (Å²) in [6.07, 6.45) is -14.3. The molecule has 0 radical (unpaired) electrons. The molecule has 234 valence electrons. The molecule has 0 aliphatic carbocycles. The molecule has 0 bridgehead atoms. The van der Waals surface area contributed by atoms with Crippen molar-refractivity contribution in [3.8, 4) is 0 Å². The van der Waals surface area contributed by atoms with Crippen molar-refractivity contribution in [3.63, 3.8) is 0 Å².